The first-order valence-electron chi connectivity index (χ1n) is 6.13. The highest BCUT2D eigenvalue weighted by atomic mass is 79.9. The quantitative estimate of drug-likeness (QED) is 0.760. The molecule has 2 heterocycles. The van der Waals surface area contributed by atoms with Crippen LogP contribution in [-0.4, -0.2) is 27.4 Å². The number of hydrogen-bond donors (Lipinski definition) is 2. The Balaban J connectivity index is 2.05. The normalized spacial score (nSPS) is 11.0. The van der Waals surface area contributed by atoms with Gasteiger partial charge in [0.1, 0.15) is 5.52 Å². The van der Waals surface area contributed by atoms with Crippen LogP contribution in [0.5, 0.6) is 11.6 Å². The van der Waals surface area contributed by atoms with E-state index in [-0.39, 0.29) is 6.42 Å². The second-order valence-electron chi connectivity index (χ2n) is 4.46. The van der Waals surface area contributed by atoms with Crippen LogP contribution in [-0.2, 0) is 6.42 Å². The summed E-state index contributed by atoms with van der Waals surface area (Å²) in [6, 6.07) is 5.00. The van der Waals surface area contributed by atoms with Crippen molar-refractivity contribution >= 4 is 26.8 Å². The topological polar surface area (TPSA) is 71.0 Å². The van der Waals surface area contributed by atoms with Crippen LogP contribution in [0.4, 0.5) is 4.39 Å². The number of pyridine rings is 1. The molecule has 2 aromatic heterocycles. The Morgan fingerprint density at radius 1 is 1.38 bits per heavy atom. The highest BCUT2D eigenvalue weighted by Gasteiger charge is 2.15. The van der Waals surface area contributed by atoms with E-state index in [9.17, 15) is 9.50 Å². The zero-order chi connectivity index (χ0) is 15.0. The number of aromatic amines is 1. The van der Waals surface area contributed by atoms with Gasteiger partial charge in [0.05, 0.1) is 17.3 Å². The molecule has 21 heavy (non-hydrogen) atoms. The molecule has 108 valence electrons. The summed E-state index contributed by atoms with van der Waals surface area (Å²) < 4.78 is 19.5. The van der Waals surface area contributed by atoms with Crippen molar-refractivity contribution in [2.75, 3.05) is 7.11 Å². The second kappa shape index (κ2) is 5.33. The van der Waals surface area contributed by atoms with Crippen molar-refractivity contribution < 1.29 is 14.2 Å². The molecule has 0 aliphatic rings. The van der Waals surface area contributed by atoms with E-state index < -0.39 is 11.6 Å². The minimum Gasteiger partial charge on any atom is -0.504 e. The number of phenolic OH excluding ortho intramolecular Hbond substituents is 1. The van der Waals surface area contributed by atoms with Crippen molar-refractivity contribution in [3.63, 3.8) is 0 Å². The fraction of sp³-hybridized carbons (Fsp3) is 0.143. The number of aromatic nitrogens is 3. The molecule has 3 rings (SSSR count). The Bertz CT molecular complexity index is 819. The van der Waals surface area contributed by atoms with Gasteiger partial charge >= 0.3 is 0 Å². The van der Waals surface area contributed by atoms with Crippen molar-refractivity contribution in [2.24, 2.45) is 0 Å². The number of fused-ring (bicyclic) bond motifs is 1. The van der Waals surface area contributed by atoms with E-state index in [4.69, 9.17) is 4.74 Å². The standard InChI is InChI=1S/C14H11BrFN3O2/c1-21-14-12-8(4-5-17-14)10(18-19-12)6-7-2-3-9(15)13(20)11(7)16/h2-5,20H,6H2,1H3,(H,18,19). The predicted octanol–water partition coefficient (Wildman–Crippen LogP) is 3.16. The van der Waals surface area contributed by atoms with Crippen LogP contribution >= 0.6 is 15.9 Å². The van der Waals surface area contributed by atoms with Crippen LogP contribution in [0.1, 0.15) is 11.3 Å². The van der Waals surface area contributed by atoms with E-state index in [2.05, 4.69) is 31.1 Å². The number of H-pyrrole nitrogens is 1. The molecule has 0 fully saturated rings. The molecule has 3 aromatic rings. The molecular formula is C14H11BrFN3O2. The molecule has 5 nitrogen and oxygen atoms in total. The summed E-state index contributed by atoms with van der Waals surface area (Å²) >= 11 is 3.08. The molecular weight excluding hydrogens is 341 g/mol. The molecule has 2 N–H and O–H groups in total. The number of methoxy groups -OCH3 is 1. The molecule has 0 amide bonds. The van der Waals surface area contributed by atoms with Crippen LogP contribution in [0.15, 0.2) is 28.9 Å². The Morgan fingerprint density at radius 3 is 2.95 bits per heavy atom. The summed E-state index contributed by atoms with van der Waals surface area (Å²) in [4.78, 5) is 4.08. The smallest absolute Gasteiger partial charge is 0.239 e. The van der Waals surface area contributed by atoms with E-state index in [0.29, 0.717) is 27.1 Å². The molecule has 7 heteroatoms. The van der Waals surface area contributed by atoms with Crippen molar-refractivity contribution in [3.05, 3.63) is 45.9 Å². The Morgan fingerprint density at radius 2 is 2.19 bits per heavy atom. The van der Waals surface area contributed by atoms with Crippen LogP contribution in [0, 0.1) is 5.82 Å². The highest BCUT2D eigenvalue weighted by Crippen LogP contribution is 2.31. The van der Waals surface area contributed by atoms with Gasteiger partial charge in [-0.15, -0.1) is 0 Å². The molecule has 0 bridgehead atoms. The summed E-state index contributed by atoms with van der Waals surface area (Å²) in [5, 5.41) is 17.5. The first-order valence-corrected chi connectivity index (χ1v) is 6.93. The van der Waals surface area contributed by atoms with E-state index in [1.807, 2.05) is 0 Å². The Kier molecular flexibility index (Phi) is 3.50. The molecule has 0 saturated heterocycles. The van der Waals surface area contributed by atoms with Crippen LogP contribution in [0.3, 0.4) is 0 Å². The van der Waals surface area contributed by atoms with Gasteiger partial charge in [0, 0.05) is 18.0 Å². The van der Waals surface area contributed by atoms with E-state index >= 15 is 0 Å². The third kappa shape index (κ3) is 2.33. The zero-order valence-electron chi connectivity index (χ0n) is 11.0. The number of halogens is 2. The summed E-state index contributed by atoms with van der Waals surface area (Å²) in [6.45, 7) is 0. The number of nitrogens with one attached hydrogen (secondary N) is 1. The molecule has 0 atom stereocenters. The number of nitrogens with zero attached hydrogens (tertiary/aromatic N) is 2. The number of ether oxygens (including phenoxy) is 1. The van der Waals surface area contributed by atoms with Crippen molar-refractivity contribution in [1.29, 1.82) is 0 Å². The lowest BCUT2D eigenvalue weighted by molar-refractivity contribution is 0.402. The minimum absolute atomic E-state index is 0.250. The summed E-state index contributed by atoms with van der Waals surface area (Å²) in [6.07, 6.45) is 1.86. The Labute approximate surface area is 127 Å². The molecule has 0 radical (unpaired) electrons. The second-order valence-corrected chi connectivity index (χ2v) is 5.31. The maximum atomic E-state index is 14.0. The van der Waals surface area contributed by atoms with Crippen LogP contribution in [0.2, 0.25) is 0 Å². The molecule has 0 aliphatic carbocycles. The number of hydrogen-bond acceptors (Lipinski definition) is 4. The average molecular weight is 352 g/mol. The summed E-state index contributed by atoms with van der Waals surface area (Å²) in [7, 11) is 1.52. The van der Waals surface area contributed by atoms with Crippen molar-refractivity contribution in [3.8, 4) is 11.6 Å². The fourth-order valence-electron chi connectivity index (χ4n) is 2.16. The zero-order valence-corrected chi connectivity index (χ0v) is 12.6. The molecule has 1 aromatic carbocycles. The number of phenols is 1. The van der Waals surface area contributed by atoms with Crippen LogP contribution < -0.4 is 4.74 Å². The van der Waals surface area contributed by atoms with Gasteiger partial charge in [-0.05, 0) is 33.6 Å². The average Bonchev–Trinajstić information content (AvgIpc) is 2.91. The van der Waals surface area contributed by atoms with Gasteiger partial charge in [-0.2, -0.15) is 5.10 Å². The van der Waals surface area contributed by atoms with Gasteiger partial charge in [0.2, 0.25) is 5.88 Å². The largest absolute Gasteiger partial charge is 0.504 e. The maximum Gasteiger partial charge on any atom is 0.239 e. The SMILES string of the molecule is COc1nccc2c(Cc3ccc(Br)c(O)c3F)n[nH]c12. The van der Waals surface area contributed by atoms with Gasteiger partial charge < -0.3 is 9.84 Å². The molecule has 0 saturated carbocycles. The van der Waals surface area contributed by atoms with Gasteiger partial charge in [0.25, 0.3) is 0 Å². The lowest BCUT2D eigenvalue weighted by Gasteiger charge is -2.05. The molecule has 0 spiro atoms. The Hall–Kier alpha value is -2.15. The van der Waals surface area contributed by atoms with Crippen molar-refractivity contribution in [1.82, 2.24) is 15.2 Å². The van der Waals surface area contributed by atoms with E-state index in [1.165, 1.54) is 7.11 Å². The fourth-order valence-corrected chi connectivity index (χ4v) is 2.47. The van der Waals surface area contributed by atoms with Crippen LogP contribution in [0.25, 0.3) is 10.9 Å². The van der Waals surface area contributed by atoms with E-state index in [0.717, 1.165) is 5.39 Å². The third-order valence-corrected chi connectivity index (χ3v) is 3.87. The molecule has 0 aliphatic heterocycles. The third-order valence-electron chi connectivity index (χ3n) is 3.23. The van der Waals surface area contributed by atoms with Gasteiger partial charge in [-0.1, -0.05) is 6.07 Å². The van der Waals surface area contributed by atoms with E-state index in [1.54, 1.807) is 24.4 Å². The van der Waals surface area contributed by atoms with Gasteiger partial charge in [-0.3, -0.25) is 5.10 Å². The number of aromatic hydroxyl groups is 1. The number of rotatable bonds is 3. The lowest BCUT2D eigenvalue weighted by atomic mass is 10.1. The first kappa shape index (κ1) is 13.8. The summed E-state index contributed by atoms with van der Waals surface area (Å²) in [5.41, 5.74) is 1.68. The summed E-state index contributed by atoms with van der Waals surface area (Å²) in [5.74, 6) is -0.612. The highest BCUT2D eigenvalue weighted by molar-refractivity contribution is 9.10. The predicted molar refractivity (Wildman–Crippen MR) is 79.0 cm³/mol. The first-order chi connectivity index (χ1) is 10.1. The minimum atomic E-state index is -0.651. The maximum absolute atomic E-state index is 14.0. The monoisotopic (exact) mass is 351 g/mol. The lowest BCUT2D eigenvalue weighted by Crippen LogP contribution is -1.95. The number of benzene rings is 1. The van der Waals surface area contributed by atoms with Gasteiger partial charge in [0.15, 0.2) is 11.6 Å². The molecule has 0 unspecified atom stereocenters. The van der Waals surface area contributed by atoms with Gasteiger partial charge in [-0.25, -0.2) is 9.37 Å². The van der Waals surface area contributed by atoms with Crippen molar-refractivity contribution in [2.45, 2.75) is 6.42 Å².